The van der Waals surface area contributed by atoms with Gasteiger partial charge in [0.15, 0.2) is 5.76 Å². The fourth-order valence-electron chi connectivity index (χ4n) is 2.13. The van der Waals surface area contributed by atoms with Crippen LogP contribution in [0.3, 0.4) is 0 Å². The summed E-state index contributed by atoms with van der Waals surface area (Å²) in [5, 5.41) is 0.682. The molecule has 21 heavy (non-hydrogen) atoms. The highest BCUT2D eigenvalue weighted by molar-refractivity contribution is 9.10. The molecular weight excluding hydrogens is 342 g/mol. The van der Waals surface area contributed by atoms with Gasteiger partial charge in [-0.25, -0.2) is 8.78 Å². The van der Waals surface area contributed by atoms with E-state index in [0.29, 0.717) is 15.4 Å². The van der Waals surface area contributed by atoms with E-state index in [-0.39, 0.29) is 11.3 Å². The van der Waals surface area contributed by atoms with E-state index in [0.717, 1.165) is 6.07 Å². The molecule has 0 radical (unpaired) electrons. The Morgan fingerprint density at radius 2 is 1.95 bits per heavy atom. The highest BCUT2D eigenvalue weighted by Gasteiger charge is 2.23. The van der Waals surface area contributed by atoms with E-state index in [1.807, 2.05) is 0 Å². The van der Waals surface area contributed by atoms with E-state index >= 15 is 0 Å². The van der Waals surface area contributed by atoms with Gasteiger partial charge >= 0.3 is 0 Å². The van der Waals surface area contributed by atoms with E-state index in [4.69, 9.17) is 4.42 Å². The zero-order chi connectivity index (χ0) is 15.1. The first-order valence-corrected chi connectivity index (χ1v) is 6.95. The summed E-state index contributed by atoms with van der Waals surface area (Å²) in [7, 11) is 0. The molecular formula is C16H9BrF2O2. The number of carbonyl (C=O) groups excluding carboxylic acids is 1. The lowest BCUT2D eigenvalue weighted by atomic mass is 10.0. The van der Waals surface area contributed by atoms with Gasteiger partial charge in [0.25, 0.3) is 0 Å². The number of hydrogen-bond donors (Lipinski definition) is 0. The van der Waals surface area contributed by atoms with E-state index < -0.39 is 23.0 Å². The van der Waals surface area contributed by atoms with Gasteiger partial charge in [-0.15, -0.1) is 0 Å². The Labute approximate surface area is 127 Å². The van der Waals surface area contributed by atoms with E-state index in [1.165, 1.54) is 19.1 Å². The molecule has 0 atom stereocenters. The van der Waals surface area contributed by atoms with Gasteiger partial charge in [-0.2, -0.15) is 0 Å². The predicted octanol–water partition coefficient (Wildman–Crippen LogP) is 5.01. The number of halogens is 3. The molecule has 5 heteroatoms. The highest BCUT2D eigenvalue weighted by atomic mass is 79.9. The van der Waals surface area contributed by atoms with Gasteiger partial charge in [-0.3, -0.25) is 4.79 Å². The van der Waals surface area contributed by atoms with Crippen LogP contribution in [0.2, 0.25) is 0 Å². The maximum Gasteiger partial charge on any atom is 0.234 e. The van der Waals surface area contributed by atoms with Crippen molar-refractivity contribution in [3.8, 4) is 0 Å². The predicted molar refractivity (Wildman–Crippen MR) is 78.4 cm³/mol. The van der Waals surface area contributed by atoms with Crippen LogP contribution in [0.1, 0.15) is 21.7 Å². The summed E-state index contributed by atoms with van der Waals surface area (Å²) in [4.78, 5) is 12.3. The van der Waals surface area contributed by atoms with Crippen molar-refractivity contribution in [1.29, 1.82) is 0 Å². The lowest BCUT2D eigenvalue weighted by Crippen LogP contribution is -2.07. The first kappa shape index (κ1) is 13.9. The monoisotopic (exact) mass is 350 g/mol. The number of furan rings is 1. The Morgan fingerprint density at radius 1 is 1.19 bits per heavy atom. The molecule has 0 saturated carbocycles. The van der Waals surface area contributed by atoms with Gasteiger partial charge in [-0.1, -0.05) is 18.2 Å². The first-order chi connectivity index (χ1) is 9.99. The van der Waals surface area contributed by atoms with Crippen molar-refractivity contribution in [1.82, 2.24) is 0 Å². The summed E-state index contributed by atoms with van der Waals surface area (Å²) >= 11 is 3.30. The van der Waals surface area contributed by atoms with Gasteiger partial charge < -0.3 is 4.42 Å². The molecule has 106 valence electrons. The van der Waals surface area contributed by atoms with Crippen LogP contribution in [0.25, 0.3) is 11.0 Å². The third-order valence-corrected chi connectivity index (χ3v) is 3.86. The SMILES string of the molecule is Cc1ccc(F)c(C(=O)c2cc3cccc(Br)c3o2)c1F. The van der Waals surface area contributed by atoms with Crippen molar-refractivity contribution in [3.05, 3.63) is 69.4 Å². The molecule has 0 unspecified atom stereocenters. The van der Waals surface area contributed by atoms with Gasteiger partial charge in [-0.05, 0) is 46.6 Å². The van der Waals surface area contributed by atoms with Gasteiger partial charge in [0.2, 0.25) is 5.78 Å². The largest absolute Gasteiger partial charge is 0.451 e. The Hall–Kier alpha value is -2.01. The van der Waals surface area contributed by atoms with Gasteiger partial charge in [0.05, 0.1) is 10.0 Å². The van der Waals surface area contributed by atoms with Crippen molar-refractivity contribution in [2.75, 3.05) is 0 Å². The molecule has 0 aliphatic heterocycles. The molecule has 3 aromatic rings. The third-order valence-electron chi connectivity index (χ3n) is 3.23. The minimum absolute atomic E-state index is 0.0969. The average molecular weight is 351 g/mol. The zero-order valence-corrected chi connectivity index (χ0v) is 12.5. The molecule has 2 aromatic carbocycles. The molecule has 0 bridgehead atoms. The summed E-state index contributed by atoms with van der Waals surface area (Å²) in [5.74, 6) is -2.67. The van der Waals surface area contributed by atoms with Crippen LogP contribution in [-0.4, -0.2) is 5.78 Å². The lowest BCUT2D eigenvalue weighted by molar-refractivity contribution is 0.100. The molecule has 0 fully saturated rings. The number of rotatable bonds is 2. The number of benzene rings is 2. The van der Waals surface area contributed by atoms with Crippen LogP contribution >= 0.6 is 15.9 Å². The van der Waals surface area contributed by atoms with Crippen LogP contribution in [-0.2, 0) is 0 Å². The van der Waals surface area contributed by atoms with Crippen molar-refractivity contribution in [2.45, 2.75) is 6.92 Å². The van der Waals surface area contributed by atoms with Crippen molar-refractivity contribution in [3.63, 3.8) is 0 Å². The molecule has 0 saturated heterocycles. The number of ketones is 1. The molecule has 0 N–H and O–H groups in total. The minimum atomic E-state index is -0.900. The Kier molecular flexibility index (Phi) is 3.37. The summed E-state index contributed by atoms with van der Waals surface area (Å²) in [5.41, 5.74) is 0.0801. The number of carbonyl (C=O) groups is 1. The van der Waals surface area contributed by atoms with Crippen LogP contribution < -0.4 is 0 Å². The molecule has 1 heterocycles. The fourth-order valence-corrected chi connectivity index (χ4v) is 2.59. The fraction of sp³-hybridized carbons (Fsp3) is 0.0625. The number of hydrogen-bond acceptors (Lipinski definition) is 2. The van der Waals surface area contributed by atoms with Crippen LogP contribution in [0, 0.1) is 18.6 Å². The van der Waals surface area contributed by atoms with Crippen LogP contribution in [0.15, 0.2) is 45.3 Å². The summed E-state index contributed by atoms with van der Waals surface area (Å²) in [6.45, 7) is 1.47. The van der Waals surface area contributed by atoms with E-state index in [2.05, 4.69) is 15.9 Å². The summed E-state index contributed by atoms with van der Waals surface area (Å²) < 4.78 is 33.9. The van der Waals surface area contributed by atoms with Gasteiger partial charge in [0.1, 0.15) is 17.2 Å². The van der Waals surface area contributed by atoms with E-state index in [1.54, 1.807) is 18.2 Å². The summed E-state index contributed by atoms with van der Waals surface area (Å²) in [6, 6.07) is 9.13. The summed E-state index contributed by atoms with van der Waals surface area (Å²) in [6.07, 6.45) is 0. The van der Waals surface area contributed by atoms with Gasteiger partial charge in [0, 0.05) is 5.39 Å². The van der Waals surface area contributed by atoms with Crippen molar-refractivity contribution >= 4 is 32.7 Å². The lowest BCUT2D eigenvalue weighted by Gasteiger charge is -2.04. The van der Waals surface area contributed by atoms with Crippen LogP contribution in [0.4, 0.5) is 8.78 Å². The second-order valence-electron chi connectivity index (χ2n) is 4.65. The number of fused-ring (bicyclic) bond motifs is 1. The van der Waals surface area contributed by atoms with Crippen molar-refractivity contribution < 1.29 is 18.0 Å². The molecule has 0 aliphatic rings. The quantitative estimate of drug-likeness (QED) is 0.608. The average Bonchev–Trinajstić information content (AvgIpc) is 2.89. The molecule has 0 spiro atoms. The molecule has 1 aromatic heterocycles. The number of para-hydroxylation sites is 1. The molecule has 0 amide bonds. The zero-order valence-electron chi connectivity index (χ0n) is 10.9. The minimum Gasteiger partial charge on any atom is -0.451 e. The molecule has 2 nitrogen and oxygen atoms in total. The second kappa shape index (κ2) is 5.07. The third kappa shape index (κ3) is 2.27. The second-order valence-corrected chi connectivity index (χ2v) is 5.51. The van der Waals surface area contributed by atoms with E-state index in [9.17, 15) is 13.6 Å². The van der Waals surface area contributed by atoms with Crippen LogP contribution in [0.5, 0.6) is 0 Å². The highest BCUT2D eigenvalue weighted by Crippen LogP contribution is 2.29. The van der Waals surface area contributed by atoms with Crippen molar-refractivity contribution in [2.24, 2.45) is 0 Å². The number of aryl methyl sites for hydroxylation is 1. The topological polar surface area (TPSA) is 30.2 Å². The smallest absolute Gasteiger partial charge is 0.234 e. The maximum absolute atomic E-state index is 14.0. The maximum atomic E-state index is 14.0. The normalized spacial score (nSPS) is 11.0. The Bertz CT molecular complexity index is 868. The molecule has 0 aliphatic carbocycles. The standard InChI is InChI=1S/C16H9BrF2O2/c1-8-5-6-11(18)13(14(8)19)15(20)12-7-9-3-2-4-10(17)16(9)21-12/h2-7H,1H3. The Balaban J connectivity index is 2.17. The molecule has 3 rings (SSSR count). The first-order valence-electron chi connectivity index (χ1n) is 6.16. The Morgan fingerprint density at radius 3 is 2.67 bits per heavy atom.